The van der Waals surface area contributed by atoms with Crippen LogP contribution in [-0.2, 0) is 6.54 Å². The van der Waals surface area contributed by atoms with Gasteiger partial charge in [0.25, 0.3) is 5.91 Å². The molecule has 2 N–H and O–H groups in total. The lowest BCUT2D eigenvalue weighted by Crippen LogP contribution is -2.36. The van der Waals surface area contributed by atoms with Gasteiger partial charge in [-0.25, -0.2) is 4.68 Å². The van der Waals surface area contributed by atoms with Gasteiger partial charge in [-0.05, 0) is 36.4 Å². The van der Waals surface area contributed by atoms with E-state index in [1.54, 1.807) is 6.20 Å². The molecule has 0 aliphatic carbocycles. The van der Waals surface area contributed by atoms with Crippen LogP contribution in [0.2, 0.25) is 0 Å². The summed E-state index contributed by atoms with van der Waals surface area (Å²) >= 11 is 0. The zero-order chi connectivity index (χ0) is 19.2. The van der Waals surface area contributed by atoms with Gasteiger partial charge < -0.3 is 10.4 Å². The first-order chi connectivity index (χ1) is 13.1. The van der Waals surface area contributed by atoms with Gasteiger partial charge in [-0.2, -0.15) is 0 Å². The highest BCUT2D eigenvalue weighted by Gasteiger charge is 2.23. The van der Waals surface area contributed by atoms with Gasteiger partial charge in [-0.1, -0.05) is 43.3 Å². The SMILES string of the molecule is CC(C)c1ccc(CN2CCC[C@@H](n3cc(C(=O)NCCO)nn3)C2)cc1. The third kappa shape index (κ3) is 5.14. The molecule has 1 amide bonds. The van der Waals surface area contributed by atoms with Crippen molar-refractivity contribution >= 4 is 5.91 Å². The van der Waals surface area contributed by atoms with Crippen molar-refractivity contribution in [2.45, 2.75) is 45.2 Å². The Kier molecular flexibility index (Phi) is 6.58. The number of aliphatic hydroxyl groups excluding tert-OH is 1. The number of hydrogen-bond acceptors (Lipinski definition) is 5. The number of aliphatic hydroxyl groups is 1. The maximum Gasteiger partial charge on any atom is 0.273 e. The molecule has 2 heterocycles. The summed E-state index contributed by atoms with van der Waals surface area (Å²) in [7, 11) is 0. The minimum Gasteiger partial charge on any atom is -0.395 e. The number of aromatic nitrogens is 3. The van der Waals surface area contributed by atoms with E-state index in [9.17, 15) is 4.79 Å². The number of benzene rings is 1. The molecule has 1 atom stereocenters. The highest BCUT2D eigenvalue weighted by molar-refractivity contribution is 5.91. The van der Waals surface area contributed by atoms with Crippen molar-refractivity contribution in [3.05, 3.63) is 47.3 Å². The van der Waals surface area contributed by atoms with Crippen molar-refractivity contribution in [2.24, 2.45) is 0 Å². The normalized spacial score (nSPS) is 18.0. The number of amides is 1. The first kappa shape index (κ1) is 19.5. The van der Waals surface area contributed by atoms with Gasteiger partial charge in [0.05, 0.1) is 18.8 Å². The van der Waals surface area contributed by atoms with Crippen LogP contribution in [0.15, 0.2) is 30.5 Å². The van der Waals surface area contributed by atoms with Gasteiger partial charge in [0.1, 0.15) is 0 Å². The van der Waals surface area contributed by atoms with E-state index in [-0.39, 0.29) is 25.1 Å². The minimum absolute atomic E-state index is 0.0877. The summed E-state index contributed by atoms with van der Waals surface area (Å²) in [5.41, 5.74) is 2.98. The van der Waals surface area contributed by atoms with E-state index in [1.807, 2.05) is 4.68 Å². The van der Waals surface area contributed by atoms with Crippen LogP contribution < -0.4 is 5.32 Å². The highest BCUT2D eigenvalue weighted by Crippen LogP contribution is 2.23. The van der Waals surface area contributed by atoms with E-state index in [0.29, 0.717) is 11.6 Å². The summed E-state index contributed by atoms with van der Waals surface area (Å²) in [5, 5.41) is 19.5. The second-order valence-electron chi connectivity index (χ2n) is 7.49. The van der Waals surface area contributed by atoms with E-state index in [0.717, 1.165) is 32.5 Å². The first-order valence-corrected chi connectivity index (χ1v) is 9.69. The van der Waals surface area contributed by atoms with Crippen LogP contribution >= 0.6 is 0 Å². The van der Waals surface area contributed by atoms with E-state index >= 15 is 0 Å². The Morgan fingerprint density at radius 3 is 2.81 bits per heavy atom. The zero-order valence-corrected chi connectivity index (χ0v) is 16.1. The van der Waals surface area contributed by atoms with Crippen molar-refractivity contribution in [3.8, 4) is 0 Å². The number of rotatable bonds is 7. The number of likely N-dealkylation sites (tertiary alicyclic amines) is 1. The average Bonchev–Trinajstić information content (AvgIpc) is 3.17. The van der Waals surface area contributed by atoms with Gasteiger partial charge in [-0.15, -0.1) is 5.10 Å². The molecule has 0 saturated carbocycles. The topological polar surface area (TPSA) is 83.3 Å². The molecule has 0 radical (unpaired) electrons. The zero-order valence-electron chi connectivity index (χ0n) is 16.1. The minimum atomic E-state index is -0.298. The molecule has 1 aliphatic rings. The number of carbonyl (C=O) groups excluding carboxylic acids is 1. The largest absolute Gasteiger partial charge is 0.395 e. The number of hydrogen-bond donors (Lipinski definition) is 2. The molecule has 2 aromatic rings. The predicted molar refractivity (Wildman–Crippen MR) is 104 cm³/mol. The second kappa shape index (κ2) is 9.10. The van der Waals surface area contributed by atoms with Crippen molar-refractivity contribution in [2.75, 3.05) is 26.2 Å². The lowest BCUT2D eigenvalue weighted by molar-refractivity contribution is 0.0939. The predicted octanol–water partition coefficient (Wildman–Crippen LogP) is 1.96. The first-order valence-electron chi connectivity index (χ1n) is 9.69. The van der Waals surface area contributed by atoms with Gasteiger partial charge >= 0.3 is 0 Å². The van der Waals surface area contributed by atoms with Gasteiger partial charge in [-0.3, -0.25) is 9.69 Å². The average molecular weight is 371 g/mol. The molecule has 7 nitrogen and oxygen atoms in total. The van der Waals surface area contributed by atoms with E-state index in [2.05, 4.69) is 58.6 Å². The van der Waals surface area contributed by atoms with Crippen LogP contribution in [0.1, 0.15) is 60.3 Å². The molecule has 146 valence electrons. The maximum atomic E-state index is 11.9. The summed E-state index contributed by atoms with van der Waals surface area (Å²) in [6.07, 6.45) is 3.84. The number of nitrogens with zero attached hydrogens (tertiary/aromatic N) is 4. The Hall–Kier alpha value is -2.25. The van der Waals surface area contributed by atoms with E-state index in [4.69, 9.17) is 5.11 Å². The fraction of sp³-hybridized carbons (Fsp3) is 0.550. The van der Waals surface area contributed by atoms with Gasteiger partial charge in [0.2, 0.25) is 0 Å². The number of carbonyl (C=O) groups is 1. The highest BCUT2D eigenvalue weighted by atomic mass is 16.3. The fourth-order valence-electron chi connectivity index (χ4n) is 3.48. The van der Waals surface area contributed by atoms with Gasteiger partial charge in [0.15, 0.2) is 5.69 Å². The molecular weight excluding hydrogens is 342 g/mol. The summed E-state index contributed by atoms with van der Waals surface area (Å²) < 4.78 is 1.81. The molecule has 1 aromatic carbocycles. The quantitative estimate of drug-likeness (QED) is 0.777. The second-order valence-corrected chi connectivity index (χ2v) is 7.49. The van der Waals surface area contributed by atoms with E-state index < -0.39 is 0 Å². The Morgan fingerprint density at radius 1 is 1.33 bits per heavy atom. The molecular formula is C20H29N5O2. The lowest BCUT2D eigenvalue weighted by atomic mass is 10.0. The standard InChI is InChI=1S/C20H29N5O2/c1-15(2)17-7-5-16(6-8-17)12-24-10-3-4-18(13-24)25-14-19(22-23-25)20(27)21-9-11-26/h5-8,14-15,18,26H,3-4,9-13H2,1-2H3,(H,21,27)/t18-/m1/s1. The Balaban J connectivity index is 1.59. The molecule has 27 heavy (non-hydrogen) atoms. The smallest absolute Gasteiger partial charge is 0.273 e. The number of nitrogens with one attached hydrogen (secondary N) is 1. The Morgan fingerprint density at radius 2 is 2.11 bits per heavy atom. The number of piperidine rings is 1. The van der Waals surface area contributed by atoms with E-state index in [1.165, 1.54) is 11.1 Å². The van der Waals surface area contributed by atoms with Crippen molar-refractivity contribution in [1.82, 2.24) is 25.2 Å². The summed E-state index contributed by atoms with van der Waals surface area (Å²) in [6.45, 7) is 7.44. The molecule has 1 aliphatic heterocycles. The summed E-state index contributed by atoms with van der Waals surface area (Å²) in [5.74, 6) is 0.253. The molecule has 0 spiro atoms. The molecule has 1 fully saturated rings. The van der Waals surface area contributed by atoms with Gasteiger partial charge in [0, 0.05) is 19.6 Å². The monoisotopic (exact) mass is 371 g/mol. The summed E-state index contributed by atoms with van der Waals surface area (Å²) in [4.78, 5) is 14.4. The summed E-state index contributed by atoms with van der Waals surface area (Å²) in [6, 6.07) is 9.10. The molecule has 0 bridgehead atoms. The van der Waals surface area contributed by atoms with Crippen molar-refractivity contribution in [3.63, 3.8) is 0 Å². The van der Waals surface area contributed by atoms with Crippen molar-refractivity contribution in [1.29, 1.82) is 0 Å². The molecule has 1 saturated heterocycles. The Labute approximate surface area is 160 Å². The fourth-order valence-corrected chi connectivity index (χ4v) is 3.48. The van der Waals surface area contributed by atoms with Crippen LogP contribution in [-0.4, -0.2) is 57.1 Å². The third-order valence-electron chi connectivity index (χ3n) is 5.05. The van der Waals surface area contributed by atoms with Crippen LogP contribution in [0.5, 0.6) is 0 Å². The van der Waals surface area contributed by atoms with Crippen LogP contribution in [0.25, 0.3) is 0 Å². The molecule has 3 rings (SSSR count). The third-order valence-corrected chi connectivity index (χ3v) is 5.05. The van der Waals surface area contributed by atoms with Crippen molar-refractivity contribution < 1.29 is 9.90 Å². The molecule has 0 unspecified atom stereocenters. The van der Waals surface area contributed by atoms with Crippen LogP contribution in [0.4, 0.5) is 0 Å². The Bertz CT molecular complexity index is 741. The molecule has 1 aromatic heterocycles. The maximum absolute atomic E-state index is 11.9. The lowest BCUT2D eigenvalue weighted by Gasteiger charge is -2.32. The van der Waals surface area contributed by atoms with Crippen LogP contribution in [0.3, 0.4) is 0 Å². The molecule has 7 heteroatoms. The van der Waals surface area contributed by atoms with Crippen LogP contribution in [0, 0.1) is 0 Å².